The van der Waals surface area contributed by atoms with Crippen molar-refractivity contribution in [1.29, 1.82) is 0 Å². The highest BCUT2D eigenvalue weighted by molar-refractivity contribution is 7.20. The number of rotatable bonds is 5. The Morgan fingerprint density at radius 1 is 1.29 bits per heavy atom. The van der Waals surface area contributed by atoms with Gasteiger partial charge < -0.3 is 10.4 Å². The molecule has 4 nitrogen and oxygen atoms in total. The normalized spacial score (nSPS) is 11.6. The fourth-order valence-electron chi connectivity index (χ4n) is 2.18. The minimum absolute atomic E-state index is 0.296. The van der Waals surface area contributed by atoms with Gasteiger partial charge in [-0.15, -0.1) is 11.3 Å². The van der Waals surface area contributed by atoms with E-state index in [0.29, 0.717) is 22.4 Å². The molecule has 1 amide bonds. The molecule has 0 radical (unpaired) electrons. The number of fused-ring (bicyclic) bond motifs is 1. The number of carboxylic acid groups (broad SMARTS) is 1. The van der Waals surface area contributed by atoms with Gasteiger partial charge in [0.25, 0.3) is 5.91 Å². The molecule has 1 aromatic carbocycles. The molecule has 0 fully saturated rings. The van der Waals surface area contributed by atoms with Crippen molar-refractivity contribution < 1.29 is 19.1 Å². The van der Waals surface area contributed by atoms with E-state index in [0.717, 1.165) is 16.7 Å². The van der Waals surface area contributed by atoms with Crippen LogP contribution >= 0.6 is 11.3 Å². The molecule has 0 spiro atoms. The van der Waals surface area contributed by atoms with Crippen molar-refractivity contribution in [2.24, 2.45) is 0 Å². The predicted octanol–water partition coefficient (Wildman–Crippen LogP) is 3.41. The van der Waals surface area contributed by atoms with Gasteiger partial charge in [0.2, 0.25) is 0 Å². The zero-order chi connectivity index (χ0) is 15.6. The number of hydrogen-bond acceptors (Lipinski definition) is 3. The smallest absolute Gasteiger partial charge is 0.329 e. The fraction of sp³-hybridized carbons (Fsp3) is 0.333. The van der Waals surface area contributed by atoms with Crippen LogP contribution in [0, 0.1) is 5.82 Å². The van der Waals surface area contributed by atoms with E-state index >= 15 is 0 Å². The van der Waals surface area contributed by atoms with Gasteiger partial charge in [-0.25, -0.2) is 9.18 Å². The van der Waals surface area contributed by atoms with Crippen molar-refractivity contribution >= 4 is 33.3 Å². The van der Waals surface area contributed by atoms with Crippen molar-refractivity contribution in [3.63, 3.8) is 0 Å². The maximum absolute atomic E-state index is 13.2. The molecule has 2 N–H and O–H groups in total. The Morgan fingerprint density at radius 2 is 1.95 bits per heavy atom. The number of carbonyl (C=O) groups excluding carboxylic acids is 1. The molecule has 112 valence electrons. The van der Waals surface area contributed by atoms with Crippen LogP contribution in [-0.2, 0) is 4.79 Å². The summed E-state index contributed by atoms with van der Waals surface area (Å²) in [7, 11) is 0. The summed E-state index contributed by atoms with van der Waals surface area (Å²) in [5.74, 6) is -1.85. The summed E-state index contributed by atoms with van der Waals surface area (Å²) in [6.07, 6.45) is 0.591. The molecule has 2 aromatic rings. The lowest BCUT2D eigenvalue weighted by molar-refractivity contribution is -0.144. The van der Waals surface area contributed by atoms with Gasteiger partial charge >= 0.3 is 5.97 Å². The largest absolute Gasteiger partial charge is 0.480 e. The number of thiophene rings is 1. The fourth-order valence-corrected chi connectivity index (χ4v) is 3.16. The standard InChI is InChI=1S/C15H16FNO3S/c1-3-15(4-2,14(19)20)17-13(18)12-7-9-5-6-10(16)8-11(9)21-12/h5-8H,3-4H2,1-2H3,(H,17,18)(H,19,20). The zero-order valence-electron chi connectivity index (χ0n) is 11.8. The summed E-state index contributed by atoms with van der Waals surface area (Å²) >= 11 is 1.15. The summed E-state index contributed by atoms with van der Waals surface area (Å²) in [6.45, 7) is 3.44. The summed E-state index contributed by atoms with van der Waals surface area (Å²) in [4.78, 5) is 24.1. The molecule has 0 unspecified atom stereocenters. The molecule has 1 aromatic heterocycles. The SMILES string of the molecule is CCC(CC)(NC(=O)c1cc2ccc(F)cc2s1)C(=O)O. The topological polar surface area (TPSA) is 66.4 Å². The Balaban J connectivity index is 2.31. The van der Waals surface area contributed by atoms with Crippen LogP contribution in [0.5, 0.6) is 0 Å². The number of aliphatic carboxylic acids is 1. The highest BCUT2D eigenvalue weighted by Crippen LogP contribution is 2.27. The number of hydrogen-bond donors (Lipinski definition) is 2. The molecule has 0 bridgehead atoms. The molecule has 6 heteroatoms. The van der Waals surface area contributed by atoms with E-state index in [1.165, 1.54) is 12.1 Å². The first-order chi connectivity index (χ1) is 9.91. The maximum Gasteiger partial charge on any atom is 0.329 e. The van der Waals surface area contributed by atoms with Crippen LogP contribution in [0.2, 0.25) is 0 Å². The number of benzene rings is 1. The van der Waals surface area contributed by atoms with Crippen LogP contribution in [0.4, 0.5) is 4.39 Å². The number of amides is 1. The molecule has 0 saturated heterocycles. The Hall–Kier alpha value is -1.95. The third-order valence-electron chi connectivity index (χ3n) is 3.68. The highest BCUT2D eigenvalue weighted by atomic mass is 32.1. The number of carbonyl (C=O) groups is 2. The molecule has 0 aliphatic rings. The molecular weight excluding hydrogens is 293 g/mol. The summed E-state index contributed by atoms with van der Waals surface area (Å²) < 4.78 is 13.8. The van der Waals surface area contributed by atoms with E-state index in [4.69, 9.17) is 0 Å². The highest BCUT2D eigenvalue weighted by Gasteiger charge is 2.36. The van der Waals surface area contributed by atoms with E-state index < -0.39 is 17.4 Å². The van der Waals surface area contributed by atoms with E-state index in [-0.39, 0.29) is 5.82 Å². The Morgan fingerprint density at radius 3 is 2.52 bits per heavy atom. The molecule has 2 rings (SSSR count). The van der Waals surface area contributed by atoms with Crippen LogP contribution < -0.4 is 5.32 Å². The lowest BCUT2D eigenvalue weighted by atomic mass is 9.93. The van der Waals surface area contributed by atoms with Gasteiger partial charge in [-0.1, -0.05) is 19.9 Å². The summed E-state index contributed by atoms with van der Waals surface area (Å²) in [5, 5.41) is 12.7. The van der Waals surface area contributed by atoms with Gasteiger partial charge in [-0.3, -0.25) is 4.79 Å². The molecule has 21 heavy (non-hydrogen) atoms. The van der Waals surface area contributed by atoms with Crippen molar-refractivity contribution in [2.45, 2.75) is 32.2 Å². The minimum Gasteiger partial charge on any atom is -0.480 e. The predicted molar refractivity (Wildman–Crippen MR) is 80.2 cm³/mol. The van der Waals surface area contributed by atoms with Crippen LogP contribution in [-0.4, -0.2) is 22.5 Å². The maximum atomic E-state index is 13.2. The first kappa shape index (κ1) is 15.4. The van der Waals surface area contributed by atoms with E-state index in [9.17, 15) is 19.1 Å². The summed E-state index contributed by atoms with van der Waals surface area (Å²) in [5.41, 5.74) is -1.27. The van der Waals surface area contributed by atoms with E-state index in [1.54, 1.807) is 26.0 Å². The van der Waals surface area contributed by atoms with Crippen molar-refractivity contribution in [3.8, 4) is 0 Å². The average molecular weight is 309 g/mol. The lowest BCUT2D eigenvalue weighted by Crippen LogP contribution is -2.53. The molecule has 0 atom stereocenters. The Labute approximate surface area is 125 Å². The molecule has 0 aliphatic heterocycles. The van der Waals surface area contributed by atoms with Gasteiger partial charge in [0.05, 0.1) is 4.88 Å². The van der Waals surface area contributed by atoms with Gasteiger partial charge in [0.15, 0.2) is 0 Å². The first-order valence-electron chi connectivity index (χ1n) is 6.67. The minimum atomic E-state index is -1.27. The lowest BCUT2D eigenvalue weighted by Gasteiger charge is -2.27. The third kappa shape index (κ3) is 2.90. The second-order valence-electron chi connectivity index (χ2n) is 4.84. The molecule has 0 saturated carbocycles. The van der Waals surface area contributed by atoms with Crippen LogP contribution in [0.25, 0.3) is 10.1 Å². The molecule has 1 heterocycles. The van der Waals surface area contributed by atoms with Crippen LogP contribution in [0.1, 0.15) is 36.4 Å². The van der Waals surface area contributed by atoms with Crippen LogP contribution in [0.15, 0.2) is 24.3 Å². The first-order valence-corrected chi connectivity index (χ1v) is 7.48. The van der Waals surface area contributed by atoms with Crippen molar-refractivity contribution in [2.75, 3.05) is 0 Å². The number of halogens is 1. The second-order valence-corrected chi connectivity index (χ2v) is 5.93. The molecular formula is C15H16FNO3S. The molecule has 0 aliphatic carbocycles. The Kier molecular flexibility index (Phi) is 4.27. The van der Waals surface area contributed by atoms with E-state index in [1.807, 2.05) is 0 Å². The van der Waals surface area contributed by atoms with Gasteiger partial charge in [-0.2, -0.15) is 0 Å². The second kappa shape index (κ2) is 5.81. The van der Waals surface area contributed by atoms with Crippen molar-refractivity contribution in [3.05, 3.63) is 35.0 Å². The quantitative estimate of drug-likeness (QED) is 0.889. The van der Waals surface area contributed by atoms with Gasteiger partial charge in [0.1, 0.15) is 11.4 Å². The van der Waals surface area contributed by atoms with E-state index in [2.05, 4.69) is 5.32 Å². The number of nitrogens with one attached hydrogen (secondary N) is 1. The van der Waals surface area contributed by atoms with Crippen LogP contribution in [0.3, 0.4) is 0 Å². The number of carboxylic acids is 1. The zero-order valence-corrected chi connectivity index (χ0v) is 12.6. The average Bonchev–Trinajstić information content (AvgIpc) is 2.87. The summed E-state index contributed by atoms with van der Waals surface area (Å²) in [6, 6.07) is 5.94. The Bertz CT molecular complexity index is 691. The van der Waals surface area contributed by atoms with Gasteiger partial charge in [0, 0.05) is 4.70 Å². The monoisotopic (exact) mass is 309 g/mol. The van der Waals surface area contributed by atoms with Crippen molar-refractivity contribution in [1.82, 2.24) is 5.32 Å². The third-order valence-corrected chi connectivity index (χ3v) is 4.77. The van der Waals surface area contributed by atoms with Gasteiger partial charge in [-0.05, 0) is 36.4 Å².